The minimum Gasteiger partial charge on any atom is -0.324 e. The summed E-state index contributed by atoms with van der Waals surface area (Å²) in [5, 5.41) is 0. The molecule has 1 nitrogen and oxygen atoms in total. The van der Waals surface area contributed by atoms with E-state index in [9.17, 15) is 4.39 Å². The van der Waals surface area contributed by atoms with E-state index in [0.29, 0.717) is 11.5 Å². The Kier molecular flexibility index (Phi) is 5.63. The summed E-state index contributed by atoms with van der Waals surface area (Å²) in [4.78, 5) is 0. The van der Waals surface area contributed by atoms with Gasteiger partial charge in [-0.3, -0.25) is 0 Å². The van der Waals surface area contributed by atoms with E-state index in [1.54, 1.807) is 6.92 Å². The average Bonchev–Trinajstić information content (AvgIpc) is 2.31. The van der Waals surface area contributed by atoms with E-state index in [0.717, 1.165) is 31.2 Å². The topological polar surface area (TPSA) is 26.0 Å². The molecule has 1 unspecified atom stereocenters. The normalized spacial score (nSPS) is 13.1. The third-order valence-electron chi connectivity index (χ3n) is 3.39. The zero-order valence-electron chi connectivity index (χ0n) is 11.2. The maximum atomic E-state index is 13.2. The molecule has 0 saturated carbocycles. The Balaban J connectivity index is 2.84. The first-order valence-corrected chi connectivity index (χ1v) is 6.61. The quantitative estimate of drug-likeness (QED) is 0.782. The van der Waals surface area contributed by atoms with Crippen LogP contribution in [0.25, 0.3) is 0 Å². The van der Waals surface area contributed by atoms with Gasteiger partial charge in [0.1, 0.15) is 5.82 Å². The molecule has 0 radical (unpaired) electrons. The van der Waals surface area contributed by atoms with Gasteiger partial charge < -0.3 is 5.73 Å². The summed E-state index contributed by atoms with van der Waals surface area (Å²) in [6.07, 6.45) is 4.59. The summed E-state index contributed by atoms with van der Waals surface area (Å²) in [7, 11) is 0. The molecule has 0 amide bonds. The molecule has 0 saturated heterocycles. The van der Waals surface area contributed by atoms with Crippen molar-refractivity contribution >= 4 is 0 Å². The summed E-state index contributed by atoms with van der Waals surface area (Å²) in [6.45, 7) is 6.16. The average molecular weight is 237 g/mol. The fourth-order valence-corrected chi connectivity index (χ4v) is 2.39. The van der Waals surface area contributed by atoms with Gasteiger partial charge in [0.05, 0.1) is 0 Å². The summed E-state index contributed by atoms with van der Waals surface area (Å²) >= 11 is 0. The van der Waals surface area contributed by atoms with E-state index in [2.05, 4.69) is 13.8 Å². The van der Waals surface area contributed by atoms with Crippen molar-refractivity contribution in [3.63, 3.8) is 0 Å². The molecular formula is C15H24FN. The molecule has 0 aliphatic heterocycles. The first-order chi connectivity index (χ1) is 8.10. The van der Waals surface area contributed by atoms with Crippen molar-refractivity contribution in [3.8, 4) is 0 Å². The van der Waals surface area contributed by atoms with Crippen molar-refractivity contribution in [1.29, 1.82) is 0 Å². The zero-order chi connectivity index (χ0) is 12.8. The Morgan fingerprint density at radius 1 is 1.18 bits per heavy atom. The molecule has 2 N–H and O–H groups in total. The lowest BCUT2D eigenvalue weighted by molar-refractivity contribution is 0.368. The van der Waals surface area contributed by atoms with E-state index in [-0.39, 0.29) is 11.9 Å². The van der Waals surface area contributed by atoms with E-state index in [4.69, 9.17) is 5.73 Å². The molecule has 0 aromatic heterocycles. The molecule has 0 fully saturated rings. The second-order valence-electron chi connectivity index (χ2n) is 4.87. The number of aryl methyl sites for hydroxylation is 1. The standard InChI is InChI=1S/C15H24FN/c1-4-6-12(7-5-2)15(17)13-8-9-14(16)11(3)10-13/h8-10,12,15H,4-7,17H2,1-3H3. The molecule has 0 spiro atoms. The van der Waals surface area contributed by atoms with Crippen LogP contribution >= 0.6 is 0 Å². The number of hydrogen-bond donors (Lipinski definition) is 1. The zero-order valence-corrected chi connectivity index (χ0v) is 11.2. The Morgan fingerprint density at radius 3 is 2.24 bits per heavy atom. The Labute approximate surface area is 104 Å². The largest absolute Gasteiger partial charge is 0.324 e. The Bertz CT molecular complexity index is 343. The predicted octanol–water partition coefficient (Wildman–Crippen LogP) is 4.35. The van der Waals surface area contributed by atoms with Crippen LogP contribution in [-0.2, 0) is 0 Å². The molecule has 0 aliphatic rings. The molecule has 1 rings (SSSR count). The minimum atomic E-state index is -0.150. The van der Waals surface area contributed by atoms with Crippen LogP contribution < -0.4 is 5.73 Å². The number of nitrogens with two attached hydrogens (primary N) is 1. The van der Waals surface area contributed by atoms with Gasteiger partial charge in [-0.1, -0.05) is 38.8 Å². The highest BCUT2D eigenvalue weighted by Gasteiger charge is 2.18. The fraction of sp³-hybridized carbons (Fsp3) is 0.600. The number of benzene rings is 1. The Hall–Kier alpha value is -0.890. The molecule has 1 aromatic rings. The minimum absolute atomic E-state index is 0.0363. The van der Waals surface area contributed by atoms with Crippen molar-refractivity contribution in [2.75, 3.05) is 0 Å². The number of hydrogen-bond acceptors (Lipinski definition) is 1. The molecule has 2 heteroatoms. The summed E-state index contributed by atoms with van der Waals surface area (Å²) in [5.41, 5.74) is 8.06. The molecule has 1 atom stereocenters. The van der Waals surface area contributed by atoms with Crippen LogP contribution in [0.1, 0.15) is 56.7 Å². The smallest absolute Gasteiger partial charge is 0.126 e. The summed E-state index contributed by atoms with van der Waals surface area (Å²) in [5.74, 6) is 0.360. The van der Waals surface area contributed by atoms with Crippen molar-refractivity contribution in [1.82, 2.24) is 0 Å². The Morgan fingerprint density at radius 2 is 1.76 bits per heavy atom. The van der Waals surface area contributed by atoms with Gasteiger partial charge in [0.2, 0.25) is 0 Å². The SMILES string of the molecule is CCCC(CCC)C(N)c1ccc(F)c(C)c1. The van der Waals surface area contributed by atoms with Gasteiger partial charge in [-0.05, 0) is 42.9 Å². The van der Waals surface area contributed by atoms with Gasteiger partial charge in [0.15, 0.2) is 0 Å². The first kappa shape index (κ1) is 14.2. The van der Waals surface area contributed by atoms with E-state index in [1.807, 2.05) is 12.1 Å². The van der Waals surface area contributed by atoms with E-state index >= 15 is 0 Å². The maximum absolute atomic E-state index is 13.2. The molecule has 0 aliphatic carbocycles. The third-order valence-corrected chi connectivity index (χ3v) is 3.39. The highest BCUT2D eigenvalue weighted by molar-refractivity contribution is 5.26. The van der Waals surface area contributed by atoms with Crippen molar-refractivity contribution in [2.45, 2.75) is 52.5 Å². The van der Waals surface area contributed by atoms with Crippen LogP contribution in [-0.4, -0.2) is 0 Å². The van der Waals surface area contributed by atoms with E-state index < -0.39 is 0 Å². The summed E-state index contributed by atoms with van der Waals surface area (Å²) < 4.78 is 13.2. The maximum Gasteiger partial charge on any atom is 0.126 e. The molecule has 17 heavy (non-hydrogen) atoms. The second-order valence-corrected chi connectivity index (χ2v) is 4.87. The predicted molar refractivity (Wildman–Crippen MR) is 71.4 cm³/mol. The van der Waals surface area contributed by atoms with Crippen LogP contribution in [0.15, 0.2) is 18.2 Å². The highest BCUT2D eigenvalue weighted by atomic mass is 19.1. The highest BCUT2D eigenvalue weighted by Crippen LogP contribution is 2.28. The van der Waals surface area contributed by atoms with Crippen LogP contribution in [0.4, 0.5) is 4.39 Å². The van der Waals surface area contributed by atoms with Gasteiger partial charge in [0, 0.05) is 6.04 Å². The molecule has 0 heterocycles. The van der Waals surface area contributed by atoms with Crippen molar-refractivity contribution in [3.05, 3.63) is 35.1 Å². The molecule has 1 aromatic carbocycles. The first-order valence-electron chi connectivity index (χ1n) is 6.61. The van der Waals surface area contributed by atoms with Crippen LogP contribution in [0.2, 0.25) is 0 Å². The lowest BCUT2D eigenvalue weighted by atomic mass is 9.86. The molecule has 0 bridgehead atoms. The van der Waals surface area contributed by atoms with E-state index in [1.165, 1.54) is 6.07 Å². The number of halogens is 1. The van der Waals surface area contributed by atoms with Gasteiger partial charge >= 0.3 is 0 Å². The lowest BCUT2D eigenvalue weighted by Crippen LogP contribution is -2.21. The van der Waals surface area contributed by atoms with Crippen molar-refractivity contribution < 1.29 is 4.39 Å². The fourth-order valence-electron chi connectivity index (χ4n) is 2.39. The monoisotopic (exact) mass is 237 g/mol. The van der Waals surface area contributed by atoms with Crippen LogP contribution in [0, 0.1) is 18.7 Å². The molecular weight excluding hydrogens is 213 g/mol. The number of rotatable bonds is 6. The lowest BCUT2D eigenvalue weighted by Gasteiger charge is -2.24. The van der Waals surface area contributed by atoms with Gasteiger partial charge in [-0.2, -0.15) is 0 Å². The van der Waals surface area contributed by atoms with Crippen LogP contribution in [0.3, 0.4) is 0 Å². The van der Waals surface area contributed by atoms with Gasteiger partial charge in [0.25, 0.3) is 0 Å². The second kappa shape index (κ2) is 6.75. The van der Waals surface area contributed by atoms with Gasteiger partial charge in [-0.25, -0.2) is 4.39 Å². The summed E-state index contributed by atoms with van der Waals surface area (Å²) in [6, 6.07) is 5.28. The van der Waals surface area contributed by atoms with Crippen LogP contribution in [0.5, 0.6) is 0 Å². The van der Waals surface area contributed by atoms with Crippen molar-refractivity contribution in [2.24, 2.45) is 11.7 Å². The molecule has 96 valence electrons. The third kappa shape index (κ3) is 3.81. The van der Waals surface area contributed by atoms with Gasteiger partial charge in [-0.15, -0.1) is 0 Å².